The van der Waals surface area contributed by atoms with Crippen LogP contribution in [0.2, 0.25) is 0 Å². The Morgan fingerprint density at radius 2 is 2.19 bits per heavy atom. The zero-order chi connectivity index (χ0) is 11.8. The van der Waals surface area contributed by atoms with Crippen LogP contribution < -0.4 is 5.32 Å². The van der Waals surface area contributed by atoms with Gasteiger partial charge >= 0.3 is 0 Å². The molecule has 1 heterocycles. The summed E-state index contributed by atoms with van der Waals surface area (Å²) >= 11 is 0. The summed E-state index contributed by atoms with van der Waals surface area (Å²) in [5.74, 6) is 0. The molecule has 4 nitrogen and oxygen atoms in total. The molecule has 92 valence electrons. The number of hydrogen-bond acceptors (Lipinski definition) is 3. The highest BCUT2D eigenvalue weighted by molar-refractivity contribution is 4.98. The molecule has 0 radical (unpaired) electrons. The highest BCUT2D eigenvalue weighted by atomic mass is 16.2. The molecule has 1 aromatic heterocycles. The summed E-state index contributed by atoms with van der Waals surface area (Å²) in [7, 11) is 0. The molecule has 0 saturated heterocycles. The number of aromatic nitrogens is 2. The first-order valence-corrected chi connectivity index (χ1v) is 6.09. The minimum absolute atomic E-state index is 0.304. The smallest absolute Gasteiger partial charge is 0.0762 e. The fourth-order valence-corrected chi connectivity index (χ4v) is 1.51. The van der Waals surface area contributed by atoms with Gasteiger partial charge in [0, 0.05) is 25.4 Å². The Morgan fingerprint density at radius 1 is 1.38 bits per heavy atom. The molecule has 0 bridgehead atoms. The van der Waals surface area contributed by atoms with Crippen molar-refractivity contribution in [3.05, 3.63) is 18.0 Å². The number of nitrogens with zero attached hydrogens (tertiary/aromatic N) is 2. The molecule has 0 amide bonds. The van der Waals surface area contributed by atoms with Gasteiger partial charge in [0.2, 0.25) is 0 Å². The van der Waals surface area contributed by atoms with Gasteiger partial charge in [-0.05, 0) is 45.7 Å². The molecule has 0 aromatic carbocycles. The third kappa shape index (κ3) is 4.77. The van der Waals surface area contributed by atoms with Gasteiger partial charge in [-0.3, -0.25) is 4.68 Å². The van der Waals surface area contributed by atoms with E-state index in [0.717, 1.165) is 38.0 Å². The molecule has 0 aliphatic heterocycles. The average molecular weight is 225 g/mol. The highest BCUT2D eigenvalue weighted by Crippen LogP contribution is 2.03. The molecule has 4 heteroatoms. The van der Waals surface area contributed by atoms with E-state index in [1.807, 2.05) is 10.9 Å². The number of hydrogen-bond donors (Lipinski definition) is 2. The minimum Gasteiger partial charge on any atom is -0.396 e. The number of aliphatic hydroxyl groups excluding tert-OH is 1. The molecule has 0 spiro atoms. The summed E-state index contributed by atoms with van der Waals surface area (Å²) < 4.78 is 1.97. The van der Waals surface area contributed by atoms with Gasteiger partial charge in [-0.15, -0.1) is 0 Å². The topological polar surface area (TPSA) is 50.1 Å². The van der Waals surface area contributed by atoms with E-state index in [4.69, 9.17) is 5.11 Å². The Hall–Kier alpha value is -0.870. The molecule has 1 rings (SSSR count). The van der Waals surface area contributed by atoms with Gasteiger partial charge in [-0.25, -0.2) is 0 Å². The zero-order valence-corrected chi connectivity index (χ0v) is 10.3. The van der Waals surface area contributed by atoms with Gasteiger partial charge in [-0.1, -0.05) is 0 Å². The third-order valence-corrected chi connectivity index (χ3v) is 2.51. The first kappa shape index (κ1) is 13.2. The first-order chi connectivity index (χ1) is 7.74. The maximum atomic E-state index is 8.62. The van der Waals surface area contributed by atoms with Crippen LogP contribution in [0.1, 0.15) is 44.8 Å². The van der Waals surface area contributed by atoms with Crippen molar-refractivity contribution >= 4 is 0 Å². The van der Waals surface area contributed by atoms with Crippen LogP contribution in [0.25, 0.3) is 0 Å². The quantitative estimate of drug-likeness (QED) is 0.662. The van der Waals surface area contributed by atoms with Crippen molar-refractivity contribution in [2.24, 2.45) is 0 Å². The molecule has 0 unspecified atom stereocenters. The Morgan fingerprint density at radius 3 is 2.81 bits per heavy atom. The number of unbranched alkanes of at least 4 members (excludes halogenated alkanes) is 2. The molecule has 0 aliphatic rings. The standard InChI is InChI=1S/C12H23N3O/c1-11(2)15-8-6-12(14-15)10-13-7-4-3-5-9-16/h6,8,11,13,16H,3-5,7,9-10H2,1-2H3. The molecule has 0 aliphatic carbocycles. The zero-order valence-electron chi connectivity index (χ0n) is 10.3. The van der Waals surface area contributed by atoms with E-state index < -0.39 is 0 Å². The van der Waals surface area contributed by atoms with Gasteiger partial charge < -0.3 is 10.4 Å². The lowest BCUT2D eigenvalue weighted by Crippen LogP contribution is -2.15. The third-order valence-electron chi connectivity index (χ3n) is 2.51. The summed E-state index contributed by atoms with van der Waals surface area (Å²) in [6, 6.07) is 2.49. The molecule has 0 saturated carbocycles. The molecule has 2 N–H and O–H groups in total. The predicted molar refractivity (Wildman–Crippen MR) is 65.3 cm³/mol. The number of rotatable bonds is 8. The molecule has 0 fully saturated rings. The summed E-state index contributed by atoms with van der Waals surface area (Å²) in [5, 5.41) is 16.4. The fraction of sp³-hybridized carbons (Fsp3) is 0.750. The average Bonchev–Trinajstić information content (AvgIpc) is 2.72. The lowest BCUT2D eigenvalue weighted by Gasteiger charge is -2.04. The van der Waals surface area contributed by atoms with Gasteiger partial charge in [0.1, 0.15) is 0 Å². The van der Waals surface area contributed by atoms with Crippen LogP contribution in [0.4, 0.5) is 0 Å². The van der Waals surface area contributed by atoms with Crippen LogP contribution in [0, 0.1) is 0 Å². The van der Waals surface area contributed by atoms with Gasteiger partial charge in [0.15, 0.2) is 0 Å². The van der Waals surface area contributed by atoms with Crippen LogP contribution >= 0.6 is 0 Å². The van der Waals surface area contributed by atoms with Crippen LogP contribution in [0.5, 0.6) is 0 Å². The lowest BCUT2D eigenvalue weighted by atomic mass is 10.2. The van der Waals surface area contributed by atoms with Crippen molar-refractivity contribution in [2.45, 2.75) is 45.7 Å². The van der Waals surface area contributed by atoms with Crippen molar-refractivity contribution in [3.8, 4) is 0 Å². The molecule has 16 heavy (non-hydrogen) atoms. The Labute approximate surface area is 97.7 Å². The molecular formula is C12H23N3O. The maximum Gasteiger partial charge on any atom is 0.0762 e. The van der Waals surface area contributed by atoms with Gasteiger partial charge in [-0.2, -0.15) is 5.10 Å². The highest BCUT2D eigenvalue weighted by Gasteiger charge is 2.00. The van der Waals surface area contributed by atoms with Crippen molar-refractivity contribution in [2.75, 3.05) is 13.2 Å². The summed E-state index contributed by atoms with van der Waals surface area (Å²) in [4.78, 5) is 0. The van der Waals surface area contributed by atoms with Crippen molar-refractivity contribution in [3.63, 3.8) is 0 Å². The van der Waals surface area contributed by atoms with E-state index in [-0.39, 0.29) is 0 Å². The van der Waals surface area contributed by atoms with E-state index in [9.17, 15) is 0 Å². The van der Waals surface area contributed by atoms with Gasteiger partial charge in [0.25, 0.3) is 0 Å². The maximum absolute atomic E-state index is 8.62. The number of nitrogens with one attached hydrogen (secondary N) is 1. The first-order valence-electron chi connectivity index (χ1n) is 6.09. The largest absolute Gasteiger partial charge is 0.396 e. The number of aliphatic hydroxyl groups is 1. The van der Waals surface area contributed by atoms with E-state index in [1.54, 1.807) is 0 Å². The second-order valence-corrected chi connectivity index (χ2v) is 4.34. The molecule has 1 aromatic rings. The summed E-state index contributed by atoms with van der Waals surface area (Å²) in [6.07, 6.45) is 5.13. The molecular weight excluding hydrogens is 202 g/mol. The normalized spacial score (nSPS) is 11.2. The fourth-order valence-electron chi connectivity index (χ4n) is 1.51. The Bertz CT molecular complexity index is 284. The van der Waals surface area contributed by atoms with Crippen molar-refractivity contribution in [1.29, 1.82) is 0 Å². The van der Waals surface area contributed by atoms with E-state index in [0.29, 0.717) is 12.6 Å². The van der Waals surface area contributed by atoms with E-state index >= 15 is 0 Å². The molecule has 0 atom stereocenters. The monoisotopic (exact) mass is 225 g/mol. The minimum atomic E-state index is 0.304. The van der Waals surface area contributed by atoms with Crippen molar-refractivity contribution in [1.82, 2.24) is 15.1 Å². The lowest BCUT2D eigenvalue weighted by molar-refractivity contribution is 0.283. The predicted octanol–water partition coefficient (Wildman–Crippen LogP) is 1.72. The SMILES string of the molecule is CC(C)n1ccc(CNCCCCCO)n1. The van der Waals surface area contributed by atoms with Crippen LogP contribution in [0.3, 0.4) is 0 Å². The Balaban J connectivity index is 2.12. The second-order valence-electron chi connectivity index (χ2n) is 4.34. The van der Waals surface area contributed by atoms with Crippen LogP contribution in [-0.4, -0.2) is 28.0 Å². The van der Waals surface area contributed by atoms with E-state index in [1.165, 1.54) is 0 Å². The summed E-state index contributed by atoms with van der Waals surface area (Å²) in [5.41, 5.74) is 1.09. The Kier molecular flexibility index (Phi) is 6.11. The summed E-state index contributed by atoms with van der Waals surface area (Å²) in [6.45, 7) is 6.38. The van der Waals surface area contributed by atoms with E-state index in [2.05, 4.69) is 30.3 Å². The van der Waals surface area contributed by atoms with Crippen LogP contribution in [-0.2, 0) is 6.54 Å². The van der Waals surface area contributed by atoms with Crippen LogP contribution in [0.15, 0.2) is 12.3 Å². The second kappa shape index (κ2) is 7.41. The van der Waals surface area contributed by atoms with Gasteiger partial charge in [0.05, 0.1) is 5.69 Å². The van der Waals surface area contributed by atoms with Crippen molar-refractivity contribution < 1.29 is 5.11 Å².